The van der Waals surface area contributed by atoms with Crippen molar-refractivity contribution in [3.05, 3.63) is 35.4 Å². The van der Waals surface area contributed by atoms with Crippen LogP contribution in [0.5, 0.6) is 0 Å². The Morgan fingerprint density at radius 3 is 2.52 bits per heavy atom. The van der Waals surface area contributed by atoms with Gasteiger partial charge in [-0.2, -0.15) is 13.2 Å². The molecule has 7 heteroatoms. The van der Waals surface area contributed by atoms with E-state index in [0.717, 1.165) is 37.8 Å². The molecule has 2 aliphatic rings. The summed E-state index contributed by atoms with van der Waals surface area (Å²) in [4.78, 5) is 12.3. The average molecular weight is 377 g/mol. The largest absolute Gasteiger partial charge is 0.416 e. The van der Waals surface area contributed by atoms with Gasteiger partial charge in [-0.05, 0) is 43.2 Å². The number of benzene rings is 1. The number of carbonyl (C=O) groups is 1. The molecule has 2 saturated heterocycles. The molecule has 1 aromatic carbocycles. The van der Waals surface area contributed by atoms with Crippen LogP contribution in [0.1, 0.15) is 56.1 Å². The van der Waals surface area contributed by atoms with Crippen molar-refractivity contribution in [3.8, 4) is 0 Å². The van der Waals surface area contributed by atoms with Crippen LogP contribution in [-0.4, -0.2) is 24.0 Å². The van der Waals surface area contributed by atoms with E-state index < -0.39 is 11.7 Å². The van der Waals surface area contributed by atoms with Gasteiger partial charge in [0.2, 0.25) is 5.91 Å². The van der Waals surface area contributed by atoms with Crippen molar-refractivity contribution in [1.29, 1.82) is 0 Å². The molecule has 2 bridgehead atoms. The summed E-state index contributed by atoms with van der Waals surface area (Å²) in [5, 5.41) is 6.59. The van der Waals surface area contributed by atoms with Crippen LogP contribution in [0.3, 0.4) is 0 Å². The first-order valence-corrected chi connectivity index (χ1v) is 8.54. The molecular formula is C18H24ClF3N2O. The summed E-state index contributed by atoms with van der Waals surface area (Å²) in [6.07, 6.45) is 0.0721. The Morgan fingerprint density at radius 2 is 1.92 bits per heavy atom. The van der Waals surface area contributed by atoms with Crippen LogP contribution in [0.15, 0.2) is 24.3 Å². The van der Waals surface area contributed by atoms with Crippen molar-refractivity contribution in [1.82, 2.24) is 10.6 Å². The van der Waals surface area contributed by atoms with Crippen LogP contribution in [0.4, 0.5) is 13.2 Å². The Kier molecular flexibility index (Phi) is 6.38. The average Bonchev–Trinajstić information content (AvgIpc) is 2.85. The Balaban J connectivity index is 0.00000225. The number of hydrogen-bond donors (Lipinski definition) is 2. The van der Waals surface area contributed by atoms with Gasteiger partial charge in [0, 0.05) is 24.5 Å². The Hall–Kier alpha value is -1.27. The van der Waals surface area contributed by atoms with E-state index in [4.69, 9.17) is 0 Å². The van der Waals surface area contributed by atoms with Gasteiger partial charge in [-0.1, -0.05) is 25.1 Å². The van der Waals surface area contributed by atoms with Gasteiger partial charge in [-0.3, -0.25) is 4.79 Å². The summed E-state index contributed by atoms with van der Waals surface area (Å²) < 4.78 is 38.4. The van der Waals surface area contributed by atoms with Crippen molar-refractivity contribution in [2.24, 2.45) is 0 Å². The van der Waals surface area contributed by atoms with Gasteiger partial charge >= 0.3 is 6.18 Å². The monoisotopic (exact) mass is 376 g/mol. The minimum atomic E-state index is -4.35. The van der Waals surface area contributed by atoms with Gasteiger partial charge < -0.3 is 10.6 Å². The highest BCUT2D eigenvalue weighted by Crippen LogP contribution is 2.32. The van der Waals surface area contributed by atoms with E-state index in [1.165, 1.54) is 6.07 Å². The molecule has 2 heterocycles. The van der Waals surface area contributed by atoms with E-state index in [1.807, 2.05) is 0 Å². The molecule has 1 aromatic rings. The first-order valence-electron chi connectivity index (χ1n) is 8.54. The third-order valence-electron chi connectivity index (χ3n) is 5.11. The maximum absolute atomic E-state index is 12.8. The zero-order chi connectivity index (χ0) is 17.3. The molecule has 3 nitrogen and oxygen atoms in total. The molecular weight excluding hydrogens is 353 g/mol. The topological polar surface area (TPSA) is 41.1 Å². The summed E-state index contributed by atoms with van der Waals surface area (Å²) in [6, 6.07) is 6.42. The van der Waals surface area contributed by atoms with Crippen LogP contribution in [-0.2, 0) is 11.0 Å². The number of rotatable bonds is 4. The van der Waals surface area contributed by atoms with Gasteiger partial charge in [0.15, 0.2) is 0 Å². The molecule has 3 atom stereocenters. The SMILES string of the molecule is CC(CC(=O)NC1CC2CCC(C1)N2)c1cccc(C(F)(F)F)c1.Cl. The normalized spacial score (nSPS) is 26.6. The molecule has 3 unspecified atom stereocenters. The predicted molar refractivity (Wildman–Crippen MR) is 92.8 cm³/mol. The second-order valence-corrected chi connectivity index (χ2v) is 7.10. The van der Waals surface area contributed by atoms with Crippen molar-refractivity contribution in [2.45, 2.75) is 69.2 Å². The first-order chi connectivity index (χ1) is 11.3. The lowest BCUT2D eigenvalue weighted by molar-refractivity contribution is -0.137. The molecule has 1 amide bonds. The first kappa shape index (κ1) is 20.0. The minimum Gasteiger partial charge on any atom is -0.353 e. The fraction of sp³-hybridized carbons (Fsp3) is 0.611. The third kappa shape index (κ3) is 5.11. The molecule has 0 radical (unpaired) electrons. The number of halogens is 4. The van der Waals surface area contributed by atoms with Gasteiger partial charge in [-0.15, -0.1) is 12.4 Å². The van der Waals surface area contributed by atoms with Crippen molar-refractivity contribution < 1.29 is 18.0 Å². The molecule has 2 N–H and O–H groups in total. The predicted octanol–water partition coefficient (Wildman–Crippen LogP) is 4.02. The summed E-state index contributed by atoms with van der Waals surface area (Å²) in [5.74, 6) is -0.322. The number of nitrogens with one attached hydrogen (secondary N) is 2. The number of hydrogen-bond acceptors (Lipinski definition) is 2. The van der Waals surface area contributed by atoms with Crippen LogP contribution in [0.2, 0.25) is 0 Å². The molecule has 3 rings (SSSR count). The molecule has 0 saturated carbocycles. The minimum absolute atomic E-state index is 0. The summed E-state index contributed by atoms with van der Waals surface area (Å²) in [7, 11) is 0. The lowest BCUT2D eigenvalue weighted by Gasteiger charge is -2.30. The summed E-state index contributed by atoms with van der Waals surface area (Å²) >= 11 is 0. The maximum atomic E-state index is 12.8. The van der Waals surface area contributed by atoms with E-state index in [2.05, 4.69) is 10.6 Å². The highest BCUT2D eigenvalue weighted by Gasteiger charge is 2.34. The van der Waals surface area contributed by atoms with Gasteiger partial charge in [-0.25, -0.2) is 0 Å². The number of fused-ring (bicyclic) bond motifs is 2. The standard InChI is InChI=1S/C18H23F3N2O.ClH/c1-11(12-3-2-4-13(8-12)18(19,20)21)7-17(24)23-16-9-14-5-6-15(10-16)22-14;/h2-4,8,11,14-16,22H,5-7,9-10H2,1H3,(H,23,24);1H. The van der Waals surface area contributed by atoms with E-state index in [-0.39, 0.29) is 36.7 Å². The third-order valence-corrected chi connectivity index (χ3v) is 5.11. The zero-order valence-electron chi connectivity index (χ0n) is 14.1. The highest BCUT2D eigenvalue weighted by molar-refractivity contribution is 5.85. The van der Waals surface area contributed by atoms with Crippen molar-refractivity contribution in [2.75, 3.05) is 0 Å². The second kappa shape index (κ2) is 7.96. The molecule has 0 spiro atoms. The second-order valence-electron chi connectivity index (χ2n) is 7.10. The van der Waals surface area contributed by atoms with E-state index in [9.17, 15) is 18.0 Å². The molecule has 2 fully saturated rings. The van der Waals surface area contributed by atoms with Crippen LogP contribution >= 0.6 is 12.4 Å². The van der Waals surface area contributed by atoms with Crippen molar-refractivity contribution in [3.63, 3.8) is 0 Å². The Bertz CT molecular complexity index is 596. The maximum Gasteiger partial charge on any atom is 0.416 e. The summed E-state index contributed by atoms with van der Waals surface area (Å²) in [6.45, 7) is 1.79. The van der Waals surface area contributed by atoms with Gasteiger partial charge in [0.25, 0.3) is 0 Å². The molecule has 0 aliphatic carbocycles. The van der Waals surface area contributed by atoms with Crippen LogP contribution in [0.25, 0.3) is 0 Å². The van der Waals surface area contributed by atoms with E-state index in [0.29, 0.717) is 17.6 Å². The van der Waals surface area contributed by atoms with Crippen LogP contribution in [0, 0.1) is 0 Å². The Labute approximate surface area is 152 Å². The molecule has 25 heavy (non-hydrogen) atoms. The molecule has 0 aromatic heterocycles. The fourth-order valence-electron chi connectivity index (χ4n) is 3.88. The number of alkyl halides is 3. The lowest BCUT2D eigenvalue weighted by Crippen LogP contribution is -2.48. The van der Waals surface area contributed by atoms with Gasteiger partial charge in [0.1, 0.15) is 0 Å². The van der Waals surface area contributed by atoms with Gasteiger partial charge in [0.05, 0.1) is 5.56 Å². The highest BCUT2D eigenvalue weighted by atomic mass is 35.5. The number of carbonyl (C=O) groups excluding carboxylic acids is 1. The molecule has 2 aliphatic heterocycles. The van der Waals surface area contributed by atoms with E-state index >= 15 is 0 Å². The van der Waals surface area contributed by atoms with Crippen LogP contribution < -0.4 is 10.6 Å². The smallest absolute Gasteiger partial charge is 0.353 e. The summed E-state index contributed by atoms with van der Waals surface area (Å²) in [5.41, 5.74) is -0.118. The fourth-order valence-corrected chi connectivity index (χ4v) is 3.88. The lowest BCUT2D eigenvalue weighted by atomic mass is 9.94. The zero-order valence-corrected chi connectivity index (χ0v) is 14.9. The number of amides is 1. The number of piperidine rings is 1. The quantitative estimate of drug-likeness (QED) is 0.833. The van der Waals surface area contributed by atoms with Crippen molar-refractivity contribution >= 4 is 18.3 Å². The Morgan fingerprint density at radius 1 is 1.28 bits per heavy atom. The molecule has 140 valence electrons. The van der Waals surface area contributed by atoms with E-state index in [1.54, 1.807) is 13.0 Å².